The lowest BCUT2D eigenvalue weighted by atomic mass is 10.2. The molecule has 0 aliphatic heterocycles. The summed E-state index contributed by atoms with van der Waals surface area (Å²) in [6, 6.07) is 9.71. The SMILES string of the molecule is COc1ccc(C(=O)NC(=S)Nc2ccc(Cl)cc2Cl)cc1OC. The molecule has 2 aromatic rings. The molecule has 8 heteroatoms. The van der Waals surface area contributed by atoms with Gasteiger partial charge in [0.1, 0.15) is 0 Å². The Balaban J connectivity index is 2.07. The third-order valence-electron chi connectivity index (χ3n) is 3.05. The van der Waals surface area contributed by atoms with Gasteiger partial charge in [-0.25, -0.2) is 0 Å². The zero-order chi connectivity index (χ0) is 17.7. The fraction of sp³-hybridized carbons (Fsp3) is 0.125. The van der Waals surface area contributed by atoms with Crippen molar-refractivity contribution in [3.63, 3.8) is 0 Å². The number of carbonyl (C=O) groups is 1. The molecule has 0 atom stereocenters. The average molecular weight is 385 g/mol. The highest BCUT2D eigenvalue weighted by Gasteiger charge is 2.12. The van der Waals surface area contributed by atoms with Gasteiger partial charge in [-0.2, -0.15) is 0 Å². The zero-order valence-electron chi connectivity index (χ0n) is 12.9. The van der Waals surface area contributed by atoms with Crippen LogP contribution < -0.4 is 20.1 Å². The summed E-state index contributed by atoms with van der Waals surface area (Å²) in [5, 5.41) is 6.42. The van der Waals surface area contributed by atoms with E-state index in [2.05, 4.69) is 10.6 Å². The first-order valence-electron chi connectivity index (χ1n) is 6.74. The summed E-state index contributed by atoms with van der Waals surface area (Å²) >= 11 is 17.0. The van der Waals surface area contributed by atoms with E-state index in [1.54, 1.807) is 36.4 Å². The van der Waals surface area contributed by atoms with Crippen LogP contribution in [0.4, 0.5) is 5.69 Å². The molecule has 0 fully saturated rings. The van der Waals surface area contributed by atoms with Crippen LogP contribution in [-0.2, 0) is 0 Å². The largest absolute Gasteiger partial charge is 0.493 e. The monoisotopic (exact) mass is 384 g/mol. The van der Waals surface area contributed by atoms with Crippen molar-refractivity contribution in [1.29, 1.82) is 0 Å². The smallest absolute Gasteiger partial charge is 0.257 e. The van der Waals surface area contributed by atoms with Crippen LogP contribution in [0.2, 0.25) is 10.0 Å². The van der Waals surface area contributed by atoms with E-state index in [0.29, 0.717) is 32.8 Å². The second-order valence-electron chi connectivity index (χ2n) is 4.60. The van der Waals surface area contributed by atoms with E-state index in [1.807, 2.05) is 0 Å². The fourth-order valence-electron chi connectivity index (χ4n) is 1.90. The summed E-state index contributed by atoms with van der Waals surface area (Å²) in [5.74, 6) is 0.589. The maximum atomic E-state index is 12.3. The average Bonchev–Trinajstić information content (AvgIpc) is 2.56. The summed E-state index contributed by atoms with van der Waals surface area (Å²) in [4.78, 5) is 12.3. The van der Waals surface area contributed by atoms with Gasteiger partial charge in [0.25, 0.3) is 5.91 Å². The Morgan fingerprint density at radius 2 is 1.75 bits per heavy atom. The topological polar surface area (TPSA) is 59.6 Å². The molecule has 0 radical (unpaired) electrons. The Bertz CT molecular complexity index is 784. The fourth-order valence-corrected chi connectivity index (χ4v) is 2.56. The Morgan fingerprint density at radius 3 is 2.38 bits per heavy atom. The van der Waals surface area contributed by atoms with Gasteiger partial charge in [-0.1, -0.05) is 23.2 Å². The normalized spacial score (nSPS) is 10.0. The van der Waals surface area contributed by atoms with Crippen molar-refractivity contribution < 1.29 is 14.3 Å². The van der Waals surface area contributed by atoms with E-state index in [4.69, 9.17) is 44.9 Å². The summed E-state index contributed by atoms with van der Waals surface area (Å²) in [6.07, 6.45) is 0. The van der Waals surface area contributed by atoms with Crippen LogP contribution in [0.3, 0.4) is 0 Å². The highest BCUT2D eigenvalue weighted by Crippen LogP contribution is 2.28. The quantitative estimate of drug-likeness (QED) is 0.775. The van der Waals surface area contributed by atoms with Crippen LogP contribution in [0.1, 0.15) is 10.4 Å². The molecule has 0 aliphatic carbocycles. The second kappa shape index (κ2) is 8.19. The van der Waals surface area contributed by atoms with E-state index < -0.39 is 5.91 Å². The lowest BCUT2D eigenvalue weighted by molar-refractivity contribution is 0.0977. The van der Waals surface area contributed by atoms with Crippen molar-refractivity contribution in [3.05, 3.63) is 52.0 Å². The van der Waals surface area contributed by atoms with E-state index in [0.717, 1.165) is 0 Å². The molecular formula is C16H14Cl2N2O3S. The van der Waals surface area contributed by atoms with Crippen LogP contribution in [0.15, 0.2) is 36.4 Å². The number of anilines is 1. The van der Waals surface area contributed by atoms with E-state index >= 15 is 0 Å². The zero-order valence-corrected chi connectivity index (χ0v) is 15.2. The molecule has 0 aromatic heterocycles. The molecule has 1 amide bonds. The van der Waals surface area contributed by atoms with Crippen molar-refractivity contribution in [1.82, 2.24) is 5.32 Å². The number of carbonyl (C=O) groups excluding carboxylic acids is 1. The lowest BCUT2D eigenvalue weighted by Gasteiger charge is -2.12. The number of amides is 1. The molecule has 24 heavy (non-hydrogen) atoms. The first-order chi connectivity index (χ1) is 11.4. The van der Waals surface area contributed by atoms with Gasteiger partial charge < -0.3 is 14.8 Å². The highest BCUT2D eigenvalue weighted by molar-refractivity contribution is 7.80. The summed E-state index contributed by atoms with van der Waals surface area (Å²) < 4.78 is 10.3. The molecule has 0 saturated carbocycles. The van der Waals surface area contributed by atoms with E-state index in [1.165, 1.54) is 14.2 Å². The molecule has 0 bridgehead atoms. The lowest BCUT2D eigenvalue weighted by Crippen LogP contribution is -2.34. The predicted octanol–water partition coefficient (Wildman–Crippen LogP) is 4.14. The van der Waals surface area contributed by atoms with E-state index in [9.17, 15) is 4.79 Å². The predicted molar refractivity (Wildman–Crippen MR) is 99.7 cm³/mol. The minimum atomic E-state index is -0.390. The number of methoxy groups -OCH3 is 2. The summed E-state index contributed by atoms with van der Waals surface area (Å²) in [7, 11) is 3.01. The Morgan fingerprint density at radius 1 is 1.04 bits per heavy atom. The third-order valence-corrected chi connectivity index (χ3v) is 3.80. The van der Waals surface area contributed by atoms with Gasteiger partial charge in [-0.3, -0.25) is 10.1 Å². The van der Waals surface area contributed by atoms with Crippen molar-refractivity contribution >= 4 is 52.1 Å². The van der Waals surface area contributed by atoms with Gasteiger partial charge in [-0.05, 0) is 48.6 Å². The van der Waals surface area contributed by atoms with Gasteiger partial charge >= 0.3 is 0 Å². The number of ether oxygens (including phenoxy) is 2. The van der Waals surface area contributed by atoms with Gasteiger partial charge in [0.05, 0.1) is 24.9 Å². The van der Waals surface area contributed by atoms with Gasteiger partial charge in [0.2, 0.25) is 0 Å². The number of nitrogens with one attached hydrogen (secondary N) is 2. The molecule has 126 valence electrons. The van der Waals surface area contributed by atoms with Crippen LogP contribution in [0.5, 0.6) is 11.5 Å². The number of rotatable bonds is 4. The van der Waals surface area contributed by atoms with Crippen LogP contribution in [-0.4, -0.2) is 25.2 Å². The molecular weight excluding hydrogens is 371 g/mol. The summed E-state index contributed by atoms with van der Waals surface area (Å²) in [5.41, 5.74) is 0.915. The molecule has 2 rings (SSSR count). The van der Waals surface area contributed by atoms with Crippen molar-refractivity contribution in [3.8, 4) is 11.5 Å². The first kappa shape index (κ1) is 18.3. The molecule has 0 heterocycles. The summed E-state index contributed by atoms with van der Waals surface area (Å²) in [6.45, 7) is 0. The van der Waals surface area contributed by atoms with Gasteiger partial charge in [0, 0.05) is 10.6 Å². The molecule has 0 unspecified atom stereocenters. The number of hydrogen-bond acceptors (Lipinski definition) is 4. The van der Waals surface area contributed by atoms with E-state index in [-0.39, 0.29) is 5.11 Å². The number of benzene rings is 2. The standard InChI is InChI=1S/C16H14Cl2N2O3S/c1-22-13-6-3-9(7-14(13)23-2)15(21)20-16(24)19-12-5-4-10(17)8-11(12)18/h3-8H,1-2H3,(H2,19,20,21,24). The van der Waals surface area contributed by atoms with Crippen LogP contribution >= 0.6 is 35.4 Å². The van der Waals surface area contributed by atoms with Crippen molar-refractivity contribution in [2.75, 3.05) is 19.5 Å². The maximum Gasteiger partial charge on any atom is 0.257 e. The Hall–Kier alpha value is -2.02. The number of thiocarbonyl (C=S) groups is 1. The first-order valence-corrected chi connectivity index (χ1v) is 7.90. The molecule has 2 N–H and O–H groups in total. The number of halogens is 2. The number of hydrogen-bond donors (Lipinski definition) is 2. The Labute approximate surface area is 154 Å². The molecule has 0 saturated heterocycles. The van der Waals surface area contributed by atoms with Crippen molar-refractivity contribution in [2.24, 2.45) is 0 Å². The van der Waals surface area contributed by atoms with Gasteiger partial charge in [0.15, 0.2) is 16.6 Å². The van der Waals surface area contributed by atoms with Crippen LogP contribution in [0, 0.1) is 0 Å². The Kier molecular flexibility index (Phi) is 6.25. The third kappa shape index (κ3) is 4.50. The highest BCUT2D eigenvalue weighted by atomic mass is 35.5. The maximum absolute atomic E-state index is 12.3. The minimum Gasteiger partial charge on any atom is -0.493 e. The molecule has 5 nitrogen and oxygen atoms in total. The molecule has 0 aliphatic rings. The van der Waals surface area contributed by atoms with Crippen LogP contribution in [0.25, 0.3) is 0 Å². The molecule has 2 aromatic carbocycles. The minimum absolute atomic E-state index is 0.110. The van der Waals surface area contributed by atoms with Gasteiger partial charge in [-0.15, -0.1) is 0 Å². The second-order valence-corrected chi connectivity index (χ2v) is 5.85. The van der Waals surface area contributed by atoms with Crippen molar-refractivity contribution in [2.45, 2.75) is 0 Å². The molecule has 0 spiro atoms.